The summed E-state index contributed by atoms with van der Waals surface area (Å²) in [4.78, 5) is 46.1. The number of allylic oxidation sites excluding steroid dienone is 1. The number of nitrogens with one attached hydrogen (secondary N) is 4. The fraction of sp³-hybridized carbons (Fsp3) is 0.351. The Morgan fingerprint density at radius 2 is 0.790 bits per heavy atom. The van der Waals surface area contributed by atoms with E-state index in [4.69, 9.17) is 0 Å². The van der Waals surface area contributed by atoms with E-state index in [1.807, 2.05) is 17.6 Å². The van der Waals surface area contributed by atoms with Crippen LogP contribution in [0.3, 0.4) is 0 Å². The lowest BCUT2D eigenvalue weighted by molar-refractivity contribution is -0.160. The zero-order chi connectivity index (χ0) is 75.3. The summed E-state index contributed by atoms with van der Waals surface area (Å²) in [6.07, 6.45) is -21.6. The number of carbonyl (C=O) groups is 3. The van der Waals surface area contributed by atoms with E-state index in [1.165, 1.54) is 24.3 Å². The zero-order valence-electron chi connectivity index (χ0n) is 50.9. The van der Waals surface area contributed by atoms with E-state index in [0.717, 1.165) is 42.8 Å². The van der Waals surface area contributed by atoms with E-state index in [9.17, 15) is 120 Å². The van der Waals surface area contributed by atoms with Gasteiger partial charge in [-0.05, 0) is 56.2 Å². The standard InChI is InChI=1S/C15H14F5N3O.C14H10F7N3O2.2C14H11F6N3O2/c1-3-4-8(2)21-7-9-5-6-10(12(17)11(9)16)13-22-14(24-23-13)15(18,19)20;1-13(17,18)4-8(25)22-5-6-2-3-7(10(16)9(6)15)11-23-12(26-24-11)14(19,20)21;1-13(16,17)5-10(24)21-6-8-3-2-7(4-9(8)15)11-22-12(25-23-11)14(18,19)20;1-13(16,17)12-22-11(23-25-12)8-3-2-7(4-9(8)15)6-21-10(24)5-14(18,19)20/h5-6,21H,2-4,7H2,1H3;2-3H,4-5H2,1H3,(H,22,25);2*2-4H,5-6H2,1H3,(H,21,24). The van der Waals surface area contributed by atoms with E-state index >= 15 is 0 Å². The fourth-order valence-corrected chi connectivity index (χ4v) is 7.47. The quantitative estimate of drug-likeness (QED) is 0.0488. The molecule has 0 radical (unpaired) electrons. The number of nitrogens with zero attached hydrogens (tertiary/aromatic N) is 8. The minimum absolute atomic E-state index is 0.00190. The molecule has 544 valence electrons. The number of aromatic nitrogens is 8. The maximum Gasteiger partial charge on any atom is 0.471 e. The lowest BCUT2D eigenvalue weighted by Crippen LogP contribution is -2.29. The largest absolute Gasteiger partial charge is 0.471 e. The van der Waals surface area contributed by atoms with Gasteiger partial charge in [0.1, 0.15) is 18.1 Å². The van der Waals surface area contributed by atoms with Crippen molar-refractivity contribution in [2.75, 3.05) is 0 Å². The van der Waals surface area contributed by atoms with Crippen LogP contribution in [0.25, 0.3) is 45.6 Å². The van der Waals surface area contributed by atoms with Gasteiger partial charge in [0.05, 0.1) is 29.5 Å². The predicted octanol–water partition coefficient (Wildman–Crippen LogP) is 15.2. The molecule has 4 aromatic heterocycles. The summed E-state index contributed by atoms with van der Waals surface area (Å²) in [6, 6.07) is 10.7. The Kier molecular flexibility index (Phi) is 26.2. The highest BCUT2D eigenvalue weighted by molar-refractivity contribution is 5.77. The molecule has 8 rings (SSSR count). The Bertz CT molecular complexity index is 4130. The molecule has 8 aromatic rings. The number of alkyl halides is 18. The normalized spacial score (nSPS) is 12.1. The van der Waals surface area contributed by atoms with E-state index < -0.39 is 184 Å². The highest BCUT2D eigenvalue weighted by Gasteiger charge is 2.42. The monoisotopic (exact) mass is 1470 g/mol. The maximum atomic E-state index is 14.1. The van der Waals surface area contributed by atoms with Crippen LogP contribution in [0.15, 0.2) is 91.0 Å². The SMILES string of the molecule is C=C(CCC)NCc1ccc(-c2noc(C(F)(F)F)n2)c(F)c1F.CC(F)(F)CC(=O)NCc1ccc(-c2noc(C(F)(F)F)n2)c(F)c1F.CC(F)(F)CC(=O)NCc1ccc(-c2noc(C(F)(F)F)n2)cc1F.CC(F)(F)c1nc(-c2ccc(CNC(=O)CC(F)(F)F)cc2F)no1. The van der Waals surface area contributed by atoms with Crippen LogP contribution in [-0.4, -0.2) is 76.3 Å². The van der Waals surface area contributed by atoms with Gasteiger partial charge in [-0.25, -0.2) is 43.9 Å². The molecule has 100 heavy (non-hydrogen) atoms. The molecule has 0 aliphatic carbocycles. The first-order chi connectivity index (χ1) is 46.0. The van der Waals surface area contributed by atoms with Gasteiger partial charge in [-0.15, -0.1) is 0 Å². The van der Waals surface area contributed by atoms with Crippen LogP contribution < -0.4 is 21.3 Å². The van der Waals surface area contributed by atoms with Crippen molar-refractivity contribution in [3.63, 3.8) is 0 Å². The molecule has 19 nitrogen and oxygen atoms in total. The lowest BCUT2D eigenvalue weighted by Gasteiger charge is -2.11. The summed E-state index contributed by atoms with van der Waals surface area (Å²) in [5, 5.41) is 21.3. The first-order valence-electron chi connectivity index (χ1n) is 27.5. The van der Waals surface area contributed by atoms with Gasteiger partial charge in [0.25, 0.3) is 17.7 Å². The molecule has 0 saturated carbocycles. The van der Waals surface area contributed by atoms with Crippen molar-refractivity contribution >= 4 is 17.7 Å². The average Bonchev–Trinajstić information content (AvgIpc) is 1.24. The summed E-state index contributed by atoms with van der Waals surface area (Å²) < 4.78 is 325. The number of hydrogen-bond acceptors (Lipinski definition) is 16. The first kappa shape index (κ1) is 80.4. The van der Waals surface area contributed by atoms with Crippen LogP contribution in [-0.2, 0) is 65.0 Å². The third-order valence-electron chi connectivity index (χ3n) is 12.0. The molecule has 4 heterocycles. The number of amides is 3. The molecule has 0 saturated heterocycles. The van der Waals surface area contributed by atoms with Gasteiger partial charge < -0.3 is 39.4 Å². The third-order valence-corrected chi connectivity index (χ3v) is 12.0. The second-order valence-electron chi connectivity index (χ2n) is 20.8. The smallest absolute Gasteiger partial charge is 0.385 e. The second-order valence-corrected chi connectivity index (χ2v) is 20.8. The van der Waals surface area contributed by atoms with Crippen LogP contribution in [0.2, 0.25) is 0 Å². The lowest BCUT2D eigenvalue weighted by atomic mass is 10.1. The second kappa shape index (κ2) is 32.6. The van der Waals surface area contributed by atoms with Crippen LogP contribution >= 0.6 is 0 Å². The Hall–Kier alpha value is -10.3. The summed E-state index contributed by atoms with van der Waals surface area (Å²) in [7, 11) is 0. The Morgan fingerprint density at radius 3 is 1.18 bits per heavy atom. The molecule has 0 aliphatic heterocycles. The average molecular weight is 1470 g/mol. The molecule has 0 bridgehead atoms. The van der Waals surface area contributed by atoms with Crippen LogP contribution in [0, 0.1) is 34.9 Å². The van der Waals surface area contributed by atoms with Gasteiger partial charge in [-0.1, -0.05) is 70.9 Å². The first-order valence-corrected chi connectivity index (χ1v) is 27.5. The predicted molar refractivity (Wildman–Crippen MR) is 291 cm³/mol. The van der Waals surface area contributed by atoms with Gasteiger partial charge in [-0.3, -0.25) is 14.4 Å². The van der Waals surface area contributed by atoms with Crippen LogP contribution in [0.5, 0.6) is 0 Å². The zero-order valence-corrected chi connectivity index (χ0v) is 50.9. The summed E-state index contributed by atoms with van der Waals surface area (Å²) in [5.41, 5.74) is -1.12. The topological polar surface area (TPSA) is 255 Å². The van der Waals surface area contributed by atoms with Crippen molar-refractivity contribution in [1.82, 2.24) is 61.8 Å². The van der Waals surface area contributed by atoms with Gasteiger partial charge in [0.2, 0.25) is 41.0 Å². The van der Waals surface area contributed by atoms with Crippen molar-refractivity contribution in [2.24, 2.45) is 0 Å². The molecule has 3 amide bonds. The summed E-state index contributed by atoms with van der Waals surface area (Å²) in [5.74, 6) is -28.8. The van der Waals surface area contributed by atoms with Crippen LogP contribution in [0.1, 0.15) is 106 Å². The van der Waals surface area contributed by atoms with Crippen molar-refractivity contribution in [3.05, 3.63) is 154 Å². The van der Waals surface area contributed by atoms with Gasteiger partial charge in [0.15, 0.2) is 23.3 Å². The Labute approximate surface area is 544 Å². The minimum Gasteiger partial charge on any atom is -0.385 e. The number of rotatable bonds is 21. The highest BCUT2D eigenvalue weighted by atomic mass is 19.4. The number of halogens is 24. The molecule has 43 heteroatoms. The Balaban J connectivity index is 0.000000240. The number of carbonyl (C=O) groups excluding carboxylic acids is 3. The highest BCUT2D eigenvalue weighted by Crippen LogP contribution is 2.35. The summed E-state index contributed by atoms with van der Waals surface area (Å²) >= 11 is 0. The molecule has 0 atom stereocenters. The molecular weight excluding hydrogens is 1420 g/mol. The molecule has 0 unspecified atom stereocenters. The minimum atomic E-state index is -4.95. The molecule has 4 N–H and O–H groups in total. The molecule has 0 aliphatic rings. The van der Waals surface area contributed by atoms with Gasteiger partial charge in [0, 0.05) is 61.1 Å². The molecular formula is C57H46F24N12O7. The van der Waals surface area contributed by atoms with E-state index in [-0.39, 0.29) is 47.5 Å². The number of hydrogen-bond donors (Lipinski definition) is 4. The maximum absolute atomic E-state index is 14.1. The Morgan fingerprint density at radius 1 is 0.420 bits per heavy atom. The number of benzene rings is 4. The molecule has 0 spiro atoms. The van der Waals surface area contributed by atoms with Crippen molar-refractivity contribution < 1.29 is 138 Å². The third kappa shape index (κ3) is 24.6. The van der Waals surface area contributed by atoms with Crippen LogP contribution in [0.4, 0.5) is 105 Å². The van der Waals surface area contributed by atoms with E-state index in [0.29, 0.717) is 32.9 Å². The van der Waals surface area contributed by atoms with Crippen molar-refractivity contribution in [1.29, 1.82) is 0 Å². The molecule has 4 aromatic carbocycles. The fourth-order valence-electron chi connectivity index (χ4n) is 7.47. The molecule has 0 fully saturated rings. The summed E-state index contributed by atoms with van der Waals surface area (Å²) in [6.45, 7) is 6.01. The van der Waals surface area contributed by atoms with E-state index in [2.05, 4.69) is 75.9 Å². The van der Waals surface area contributed by atoms with Gasteiger partial charge >= 0.3 is 48.3 Å². The van der Waals surface area contributed by atoms with Crippen molar-refractivity contribution in [2.45, 2.75) is 128 Å². The van der Waals surface area contributed by atoms with Crippen molar-refractivity contribution in [3.8, 4) is 45.6 Å². The van der Waals surface area contributed by atoms with Gasteiger partial charge in [-0.2, -0.15) is 81.4 Å². The van der Waals surface area contributed by atoms with E-state index in [1.54, 1.807) is 0 Å².